The zero-order valence-corrected chi connectivity index (χ0v) is 10.2. The summed E-state index contributed by atoms with van der Waals surface area (Å²) in [6, 6.07) is 3.92. The molecule has 0 bridgehead atoms. The Hall–Kier alpha value is 0.394. The number of hydrogen-bond donors (Lipinski definition) is 0. The van der Waals surface area contributed by atoms with Crippen LogP contribution in [-0.4, -0.2) is 18.1 Å². The highest BCUT2D eigenvalue weighted by Gasteiger charge is 2.26. The van der Waals surface area contributed by atoms with Crippen LogP contribution < -0.4 is 0 Å². The fraction of sp³-hybridized carbons (Fsp3) is 1.00. The SMILES string of the molecule is CC[Si](CC)(CC)O[SiH2]C. The van der Waals surface area contributed by atoms with E-state index in [1.165, 1.54) is 18.1 Å². The fourth-order valence-corrected chi connectivity index (χ4v) is 7.76. The molecule has 3 heteroatoms. The normalized spacial score (nSPS) is 13.2. The highest BCUT2D eigenvalue weighted by Crippen LogP contribution is 2.20. The Bertz CT molecular complexity index is 73.4. The van der Waals surface area contributed by atoms with Crippen molar-refractivity contribution >= 4 is 18.1 Å². The highest BCUT2D eigenvalue weighted by molar-refractivity contribution is 6.77. The van der Waals surface area contributed by atoms with Crippen LogP contribution in [0.2, 0.25) is 24.7 Å². The third-order valence-corrected chi connectivity index (χ3v) is 9.85. The number of hydrogen-bond acceptors (Lipinski definition) is 1. The molecule has 0 heterocycles. The second-order valence-electron chi connectivity index (χ2n) is 2.68. The Morgan fingerprint density at radius 3 is 1.60 bits per heavy atom. The molecule has 0 aromatic carbocycles. The van der Waals surface area contributed by atoms with Crippen LogP contribution in [0.25, 0.3) is 0 Å². The number of rotatable bonds is 5. The van der Waals surface area contributed by atoms with Crippen LogP contribution in [0, 0.1) is 0 Å². The average molecular weight is 176 g/mol. The minimum Gasteiger partial charge on any atom is -0.460 e. The summed E-state index contributed by atoms with van der Waals surface area (Å²) in [6.45, 7) is 9.08. The molecule has 0 aromatic rings. The van der Waals surface area contributed by atoms with E-state index < -0.39 is 8.32 Å². The second kappa shape index (κ2) is 5.10. The van der Waals surface area contributed by atoms with Crippen molar-refractivity contribution in [1.82, 2.24) is 0 Å². The maximum atomic E-state index is 5.95. The van der Waals surface area contributed by atoms with Gasteiger partial charge in [0.2, 0.25) is 0 Å². The van der Waals surface area contributed by atoms with Gasteiger partial charge in [-0.3, -0.25) is 0 Å². The average Bonchev–Trinajstić information content (AvgIpc) is 2.01. The molecule has 0 atom stereocenters. The third-order valence-electron chi connectivity index (χ3n) is 2.38. The van der Waals surface area contributed by atoms with Crippen LogP contribution in [0.5, 0.6) is 0 Å². The molecule has 10 heavy (non-hydrogen) atoms. The topological polar surface area (TPSA) is 9.23 Å². The monoisotopic (exact) mass is 176 g/mol. The van der Waals surface area contributed by atoms with Gasteiger partial charge in [-0.25, -0.2) is 0 Å². The summed E-state index contributed by atoms with van der Waals surface area (Å²) in [7, 11) is -1.32. The minimum absolute atomic E-state index is 0.161. The van der Waals surface area contributed by atoms with E-state index >= 15 is 0 Å². The van der Waals surface area contributed by atoms with Crippen LogP contribution >= 0.6 is 0 Å². The molecule has 0 fully saturated rings. The van der Waals surface area contributed by atoms with Crippen LogP contribution in [0.1, 0.15) is 20.8 Å². The van der Waals surface area contributed by atoms with E-state index in [1.54, 1.807) is 0 Å². The van der Waals surface area contributed by atoms with Crippen molar-refractivity contribution in [2.45, 2.75) is 45.5 Å². The van der Waals surface area contributed by atoms with Crippen molar-refractivity contribution in [3.63, 3.8) is 0 Å². The molecule has 0 aromatic heterocycles. The Kier molecular flexibility index (Phi) is 5.30. The first kappa shape index (κ1) is 10.4. The summed E-state index contributed by atoms with van der Waals surface area (Å²) in [5, 5.41) is 0. The van der Waals surface area contributed by atoms with Crippen molar-refractivity contribution in [1.29, 1.82) is 0 Å². The fourth-order valence-electron chi connectivity index (χ4n) is 1.36. The van der Waals surface area contributed by atoms with Crippen molar-refractivity contribution in [3.8, 4) is 0 Å². The molecule has 0 saturated carbocycles. The molecule has 1 nitrogen and oxygen atoms in total. The molecule has 0 rings (SSSR count). The predicted molar refractivity (Wildman–Crippen MR) is 52.7 cm³/mol. The van der Waals surface area contributed by atoms with Crippen molar-refractivity contribution < 1.29 is 4.12 Å². The first-order valence-electron chi connectivity index (χ1n) is 4.38. The molecule has 0 amide bonds. The Morgan fingerprint density at radius 1 is 1.10 bits per heavy atom. The first-order chi connectivity index (χ1) is 4.74. The maximum absolute atomic E-state index is 5.95. The lowest BCUT2D eigenvalue weighted by Gasteiger charge is -2.27. The van der Waals surface area contributed by atoms with E-state index in [2.05, 4.69) is 27.3 Å². The minimum atomic E-state index is -1.16. The third kappa shape index (κ3) is 2.56. The van der Waals surface area contributed by atoms with Crippen LogP contribution in [0.4, 0.5) is 0 Å². The zero-order chi connectivity index (χ0) is 8.04. The molecule has 62 valence electrons. The molecule has 0 aliphatic carbocycles. The van der Waals surface area contributed by atoms with Gasteiger partial charge in [0.25, 0.3) is 0 Å². The molecular formula is C7H20OSi2. The van der Waals surface area contributed by atoms with Crippen molar-refractivity contribution in [2.75, 3.05) is 0 Å². The van der Waals surface area contributed by atoms with Gasteiger partial charge in [0.15, 0.2) is 8.32 Å². The smallest absolute Gasteiger partial charge is 0.178 e. The molecule has 0 saturated heterocycles. The Labute approximate surface area is 68.2 Å². The Balaban J connectivity index is 3.87. The standard InChI is InChI=1S/C7H20OSi2/c1-5-10(6-2,7-3)8-9-4/h5-7,9H2,1-4H3. The second-order valence-corrected chi connectivity index (χ2v) is 8.90. The van der Waals surface area contributed by atoms with Crippen LogP contribution in [-0.2, 0) is 4.12 Å². The van der Waals surface area contributed by atoms with Gasteiger partial charge >= 0.3 is 0 Å². The molecule has 0 unspecified atom stereocenters. The Morgan fingerprint density at radius 2 is 1.50 bits per heavy atom. The molecule has 0 radical (unpaired) electrons. The quantitative estimate of drug-likeness (QED) is 0.583. The summed E-state index contributed by atoms with van der Waals surface area (Å²) < 4.78 is 5.95. The lowest BCUT2D eigenvalue weighted by atomic mass is 10.9. The maximum Gasteiger partial charge on any atom is 0.178 e. The largest absolute Gasteiger partial charge is 0.460 e. The van der Waals surface area contributed by atoms with Crippen LogP contribution in [0.15, 0.2) is 0 Å². The van der Waals surface area contributed by atoms with E-state index in [1.807, 2.05) is 0 Å². The summed E-state index contributed by atoms with van der Waals surface area (Å²) in [4.78, 5) is 0. The summed E-state index contributed by atoms with van der Waals surface area (Å²) in [5.74, 6) is 0. The molecule has 0 aliphatic heterocycles. The summed E-state index contributed by atoms with van der Waals surface area (Å²) in [6.07, 6.45) is 0. The zero-order valence-electron chi connectivity index (χ0n) is 7.74. The summed E-state index contributed by atoms with van der Waals surface area (Å²) in [5.41, 5.74) is 0. The van der Waals surface area contributed by atoms with Gasteiger partial charge in [-0.2, -0.15) is 0 Å². The van der Waals surface area contributed by atoms with E-state index in [0.29, 0.717) is 0 Å². The van der Waals surface area contributed by atoms with Gasteiger partial charge in [0, 0.05) is 0 Å². The van der Waals surface area contributed by atoms with E-state index in [9.17, 15) is 0 Å². The van der Waals surface area contributed by atoms with Gasteiger partial charge < -0.3 is 4.12 Å². The lowest BCUT2D eigenvalue weighted by molar-refractivity contribution is 0.572. The first-order valence-corrected chi connectivity index (χ1v) is 8.90. The lowest BCUT2D eigenvalue weighted by Crippen LogP contribution is -2.36. The van der Waals surface area contributed by atoms with Crippen molar-refractivity contribution in [2.24, 2.45) is 0 Å². The van der Waals surface area contributed by atoms with Gasteiger partial charge in [0.1, 0.15) is 9.76 Å². The molecule has 0 spiro atoms. The summed E-state index contributed by atoms with van der Waals surface area (Å²) >= 11 is 0. The van der Waals surface area contributed by atoms with Gasteiger partial charge in [-0.15, -0.1) is 0 Å². The van der Waals surface area contributed by atoms with E-state index in [4.69, 9.17) is 4.12 Å². The predicted octanol–water partition coefficient (Wildman–Crippen LogP) is 2.14. The van der Waals surface area contributed by atoms with Gasteiger partial charge in [-0.05, 0) is 18.1 Å². The van der Waals surface area contributed by atoms with Crippen LogP contribution in [0.3, 0.4) is 0 Å². The van der Waals surface area contributed by atoms with Gasteiger partial charge in [-0.1, -0.05) is 27.3 Å². The molecular weight excluding hydrogens is 156 g/mol. The molecule has 0 N–H and O–H groups in total. The molecule has 0 aliphatic rings. The van der Waals surface area contributed by atoms with Gasteiger partial charge in [0.05, 0.1) is 0 Å². The highest BCUT2D eigenvalue weighted by atomic mass is 28.4. The van der Waals surface area contributed by atoms with E-state index in [0.717, 1.165) is 0 Å². The van der Waals surface area contributed by atoms with Crippen molar-refractivity contribution in [3.05, 3.63) is 0 Å². The van der Waals surface area contributed by atoms with E-state index in [-0.39, 0.29) is 9.76 Å².